The molecular weight excluding hydrogens is 375 g/mol. The van der Waals surface area contributed by atoms with Crippen molar-refractivity contribution in [1.82, 2.24) is 9.97 Å². The van der Waals surface area contributed by atoms with Gasteiger partial charge in [0.1, 0.15) is 12.4 Å². The first kappa shape index (κ1) is 21.4. The summed E-state index contributed by atoms with van der Waals surface area (Å²) in [5.74, 6) is 0.800. The van der Waals surface area contributed by atoms with Gasteiger partial charge in [0.2, 0.25) is 0 Å². The highest BCUT2D eigenvalue weighted by atomic mass is 19.1. The molecule has 2 aromatic carbocycles. The van der Waals surface area contributed by atoms with Gasteiger partial charge in [-0.05, 0) is 56.0 Å². The Labute approximate surface area is 178 Å². The molecule has 0 saturated heterocycles. The highest BCUT2D eigenvalue weighted by Crippen LogP contribution is 2.23. The maximum atomic E-state index is 12.8. The van der Waals surface area contributed by atoms with Gasteiger partial charge >= 0.3 is 0 Å². The minimum Gasteiger partial charge on any atom is -0.490 e. The van der Waals surface area contributed by atoms with Crippen LogP contribution in [-0.2, 0) is 0 Å². The van der Waals surface area contributed by atoms with Crippen LogP contribution in [-0.4, -0.2) is 22.7 Å². The van der Waals surface area contributed by atoms with Gasteiger partial charge in [0, 0.05) is 11.1 Å². The Morgan fingerprint density at radius 1 is 0.967 bits per heavy atom. The zero-order valence-corrected chi connectivity index (χ0v) is 17.3. The molecule has 1 heterocycles. The summed E-state index contributed by atoms with van der Waals surface area (Å²) in [5.41, 5.74) is 4.77. The standard InChI is InChI=1S/C26H27FN2O/c1-3-17-30-24-15-13-23(14-16-24)26-19-28-25(18-29-26)22-11-9-21(10-12-22)8-6-4-5-7-20(2)27/h3,6,8-16,18-20H,1,4-5,7,17H2,2H3. The highest BCUT2D eigenvalue weighted by molar-refractivity contribution is 5.64. The van der Waals surface area contributed by atoms with E-state index in [2.05, 4.69) is 40.8 Å². The summed E-state index contributed by atoms with van der Waals surface area (Å²) in [5, 5.41) is 0. The van der Waals surface area contributed by atoms with Crippen LogP contribution in [0.5, 0.6) is 5.75 Å². The third-order valence-corrected chi connectivity index (χ3v) is 4.66. The molecule has 0 radical (unpaired) electrons. The molecule has 1 unspecified atom stereocenters. The summed E-state index contributed by atoms with van der Waals surface area (Å²) in [6, 6.07) is 16.0. The Morgan fingerprint density at radius 3 is 2.10 bits per heavy atom. The average Bonchev–Trinajstić information content (AvgIpc) is 2.78. The lowest BCUT2D eigenvalue weighted by Gasteiger charge is -2.06. The van der Waals surface area contributed by atoms with Crippen molar-refractivity contribution in [1.29, 1.82) is 0 Å². The number of ether oxygens (including phenoxy) is 1. The molecule has 3 aromatic rings. The second-order valence-electron chi connectivity index (χ2n) is 7.15. The van der Waals surface area contributed by atoms with E-state index in [0.29, 0.717) is 13.0 Å². The van der Waals surface area contributed by atoms with Crippen LogP contribution in [0.3, 0.4) is 0 Å². The normalized spacial score (nSPS) is 12.1. The van der Waals surface area contributed by atoms with Gasteiger partial charge in [-0.3, -0.25) is 9.97 Å². The molecule has 1 aromatic heterocycles. The number of nitrogens with zero attached hydrogens (tertiary/aromatic N) is 2. The van der Waals surface area contributed by atoms with Crippen LogP contribution < -0.4 is 4.74 Å². The second kappa shape index (κ2) is 11.1. The predicted molar refractivity (Wildman–Crippen MR) is 122 cm³/mol. The lowest BCUT2D eigenvalue weighted by atomic mass is 10.1. The fraction of sp³-hybridized carbons (Fsp3) is 0.231. The zero-order chi connectivity index (χ0) is 21.2. The summed E-state index contributed by atoms with van der Waals surface area (Å²) in [7, 11) is 0. The number of halogens is 1. The van der Waals surface area contributed by atoms with E-state index < -0.39 is 6.17 Å². The van der Waals surface area contributed by atoms with Crippen molar-refractivity contribution >= 4 is 6.08 Å². The van der Waals surface area contributed by atoms with E-state index in [-0.39, 0.29) is 0 Å². The van der Waals surface area contributed by atoms with Crippen LogP contribution in [0.1, 0.15) is 31.7 Å². The second-order valence-corrected chi connectivity index (χ2v) is 7.15. The monoisotopic (exact) mass is 402 g/mol. The number of benzene rings is 2. The average molecular weight is 403 g/mol. The molecule has 0 aliphatic heterocycles. The van der Waals surface area contributed by atoms with Crippen molar-refractivity contribution in [2.45, 2.75) is 32.4 Å². The number of hydrogen-bond donors (Lipinski definition) is 0. The van der Waals surface area contributed by atoms with Crippen LogP contribution in [0, 0.1) is 0 Å². The molecular formula is C26H27FN2O. The number of hydrogen-bond acceptors (Lipinski definition) is 3. The summed E-state index contributed by atoms with van der Waals surface area (Å²) in [6.07, 6.45) is 11.1. The van der Waals surface area contributed by atoms with Gasteiger partial charge in [-0.2, -0.15) is 0 Å². The molecule has 154 valence electrons. The first-order valence-electron chi connectivity index (χ1n) is 10.2. The fourth-order valence-corrected chi connectivity index (χ4v) is 3.00. The minimum atomic E-state index is -0.721. The SMILES string of the molecule is C=CCOc1ccc(-c2cnc(-c3ccc(C=CCCCC(C)F)cc3)cn2)cc1. The molecule has 0 fully saturated rings. The number of allylic oxidation sites excluding steroid dienone is 1. The third-order valence-electron chi connectivity index (χ3n) is 4.66. The number of unbranched alkanes of at least 4 members (excludes halogenated alkanes) is 1. The van der Waals surface area contributed by atoms with Gasteiger partial charge in [0.15, 0.2) is 0 Å². The van der Waals surface area contributed by atoms with Gasteiger partial charge in [-0.25, -0.2) is 4.39 Å². The van der Waals surface area contributed by atoms with Crippen molar-refractivity contribution in [2.75, 3.05) is 6.61 Å². The summed E-state index contributed by atoms with van der Waals surface area (Å²) in [4.78, 5) is 9.13. The Kier molecular flexibility index (Phi) is 7.90. The zero-order valence-electron chi connectivity index (χ0n) is 17.3. The summed E-state index contributed by atoms with van der Waals surface area (Å²) >= 11 is 0. The van der Waals surface area contributed by atoms with E-state index in [1.54, 1.807) is 25.4 Å². The maximum absolute atomic E-state index is 12.8. The van der Waals surface area contributed by atoms with Crippen LogP contribution in [0.4, 0.5) is 4.39 Å². The molecule has 3 rings (SSSR count). The topological polar surface area (TPSA) is 35.0 Å². The van der Waals surface area contributed by atoms with Crippen molar-refractivity contribution in [3.63, 3.8) is 0 Å². The molecule has 0 aliphatic carbocycles. The summed E-state index contributed by atoms with van der Waals surface area (Å²) in [6.45, 7) is 5.74. The van der Waals surface area contributed by atoms with E-state index in [4.69, 9.17) is 4.74 Å². The maximum Gasteiger partial charge on any atom is 0.119 e. The van der Waals surface area contributed by atoms with Gasteiger partial charge in [-0.1, -0.05) is 49.1 Å². The number of rotatable bonds is 10. The minimum absolute atomic E-state index is 0.487. The molecule has 0 bridgehead atoms. The highest BCUT2D eigenvalue weighted by Gasteiger charge is 2.04. The quantitative estimate of drug-likeness (QED) is 0.273. The van der Waals surface area contributed by atoms with Gasteiger partial charge < -0.3 is 4.74 Å². The lowest BCUT2D eigenvalue weighted by Crippen LogP contribution is -1.93. The summed E-state index contributed by atoms with van der Waals surface area (Å²) < 4.78 is 18.3. The van der Waals surface area contributed by atoms with Crippen molar-refractivity contribution < 1.29 is 9.13 Å². The molecule has 1 atom stereocenters. The molecule has 30 heavy (non-hydrogen) atoms. The van der Waals surface area contributed by atoms with E-state index in [1.807, 2.05) is 36.4 Å². The van der Waals surface area contributed by atoms with Crippen LogP contribution in [0.25, 0.3) is 28.6 Å². The van der Waals surface area contributed by atoms with Crippen molar-refractivity contribution in [3.05, 3.63) is 85.2 Å². The van der Waals surface area contributed by atoms with Gasteiger partial charge in [0.05, 0.1) is 30.0 Å². The van der Waals surface area contributed by atoms with Gasteiger partial charge in [-0.15, -0.1) is 0 Å². The molecule has 0 amide bonds. The number of alkyl halides is 1. The van der Waals surface area contributed by atoms with Crippen LogP contribution >= 0.6 is 0 Å². The molecule has 0 saturated carbocycles. The fourth-order valence-electron chi connectivity index (χ4n) is 3.00. The van der Waals surface area contributed by atoms with Crippen LogP contribution in [0.15, 0.2) is 79.7 Å². The van der Waals surface area contributed by atoms with E-state index in [9.17, 15) is 4.39 Å². The molecule has 0 spiro atoms. The number of aromatic nitrogens is 2. The van der Waals surface area contributed by atoms with E-state index >= 15 is 0 Å². The predicted octanol–water partition coefficient (Wildman–Crippen LogP) is 6.92. The Morgan fingerprint density at radius 2 is 1.57 bits per heavy atom. The first-order valence-corrected chi connectivity index (χ1v) is 10.2. The van der Waals surface area contributed by atoms with E-state index in [1.165, 1.54) is 0 Å². The van der Waals surface area contributed by atoms with Crippen molar-refractivity contribution in [3.8, 4) is 28.3 Å². The molecule has 3 nitrogen and oxygen atoms in total. The third kappa shape index (κ3) is 6.38. The Bertz CT molecular complexity index is 946. The van der Waals surface area contributed by atoms with Gasteiger partial charge in [0.25, 0.3) is 0 Å². The van der Waals surface area contributed by atoms with Crippen molar-refractivity contribution in [2.24, 2.45) is 0 Å². The van der Waals surface area contributed by atoms with E-state index in [0.717, 1.165) is 46.7 Å². The van der Waals surface area contributed by atoms with Crippen LogP contribution in [0.2, 0.25) is 0 Å². The molecule has 4 heteroatoms. The lowest BCUT2D eigenvalue weighted by molar-refractivity contribution is 0.335. The Hall–Kier alpha value is -3.27. The Balaban J connectivity index is 1.60. The first-order chi connectivity index (χ1) is 14.7. The largest absolute Gasteiger partial charge is 0.490 e. The smallest absolute Gasteiger partial charge is 0.119 e. The molecule has 0 aliphatic rings. The molecule has 0 N–H and O–H groups in total.